The predicted octanol–water partition coefficient (Wildman–Crippen LogP) is 2.47. The van der Waals surface area contributed by atoms with Crippen molar-refractivity contribution in [1.29, 1.82) is 0 Å². The minimum Gasteiger partial charge on any atom is -0.497 e. The van der Waals surface area contributed by atoms with Gasteiger partial charge in [-0.3, -0.25) is 4.68 Å². The molecular weight excluding hydrogens is 240 g/mol. The van der Waals surface area contributed by atoms with Gasteiger partial charge in [-0.15, -0.1) is 0 Å². The number of nitrogens with zero attached hydrogens (tertiary/aromatic N) is 2. The van der Waals surface area contributed by atoms with Crippen LogP contribution in [0.1, 0.15) is 5.69 Å². The first-order valence-corrected chi connectivity index (χ1v) is 6.06. The molecule has 98 valence electrons. The van der Waals surface area contributed by atoms with Crippen LogP contribution in [0.15, 0.2) is 24.3 Å². The van der Waals surface area contributed by atoms with Crippen LogP contribution in [0.3, 0.4) is 0 Å². The summed E-state index contributed by atoms with van der Waals surface area (Å²) in [6, 6.07) is 7.86. The van der Waals surface area contributed by atoms with Crippen molar-refractivity contribution >= 4 is 16.7 Å². The van der Waals surface area contributed by atoms with Gasteiger partial charge in [0.25, 0.3) is 0 Å². The van der Waals surface area contributed by atoms with Gasteiger partial charge in [-0.1, -0.05) is 0 Å². The third-order valence-electron chi connectivity index (χ3n) is 3.37. The van der Waals surface area contributed by atoms with Gasteiger partial charge in [0, 0.05) is 41.3 Å². The number of methoxy groups -OCH3 is 1. The molecule has 0 unspecified atom stereocenters. The van der Waals surface area contributed by atoms with Crippen molar-refractivity contribution in [3.63, 3.8) is 0 Å². The zero-order chi connectivity index (χ0) is 13.6. The molecule has 5 heteroatoms. The van der Waals surface area contributed by atoms with E-state index in [2.05, 4.69) is 10.1 Å². The number of hydrogen-bond acceptors (Lipinski definition) is 3. The van der Waals surface area contributed by atoms with Crippen LogP contribution in [0, 0.1) is 6.92 Å². The molecular formula is C14H16N4O. The molecule has 0 atom stereocenters. The standard InChI is InChI=1S/C14H16N4O/c1-8-14(12-7-13(15)18(2)17-12)10-5-4-9(19-3)6-11(10)16-8/h4-7,16H,15H2,1-3H3. The number of H-pyrrole nitrogens is 1. The lowest BCUT2D eigenvalue weighted by atomic mass is 10.1. The minimum atomic E-state index is 0.650. The van der Waals surface area contributed by atoms with E-state index in [1.165, 1.54) is 0 Å². The molecule has 0 spiro atoms. The van der Waals surface area contributed by atoms with E-state index in [0.29, 0.717) is 5.82 Å². The lowest BCUT2D eigenvalue weighted by Gasteiger charge is -1.99. The van der Waals surface area contributed by atoms with Crippen LogP contribution in [0.25, 0.3) is 22.2 Å². The molecule has 0 saturated carbocycles. The average molecular weight is 256 g/mol. The minimum absolute atomic E-state index is 0.650. The molecule has 19 heavy (non-hydrogen) atoms. The maximum absolute atomic E-state index is 5.86. The Morgan fingerprint density at radius 1 is 1.32 bits per heavy atom. The van der Waals surface area contributed by atoms with E-state index in [1.807, 2.05) is 38.2 Å². The number of aryl methyl sites for hydroxylation is 2. The van der Waals surface area contributed by atoms with Crippen LogP contribution in [0.2, 0.25) is 0 Å². The second-order valence-corrected chi connectivity index (χ2v) is 4.61. The van der Waals surface area contributed by atoms with Crippen LogP contribution in [0.4, 0.5) is 5.82 Å². The molecule has 2 heterocycles. The molecule has 5 nitrogen and oxygen atoms in total. The summed E-state index contributed by atoms with van der Waals surface area (Å²) in [7, 11) is 3.50. The van der Waals surface area contributed by atoms with Crippen molar-refractivity contribution in [2.45, 2.75) is 6.92 Å². The highest BCUT2D eigenvalue weighted by molar-refractivity contribution is 5.97. The van der Waals surface area contributed by atoms with Gasteiger partial charge in [-0.25, -0.2) is 0 Å². The first-order chi connectivity index (χ1) is 9.10. The first kappa shape index (κ1) is 11.6. The molecule has 1 aromatic carbocycles. The lowest BCUT2D eigenvalue weighted by Crippen LogP contribution is -1.96. The number of rotatable bonds is 2. The Morgan fingerprint density at radius 2 is 2.11 bits per heavy atom. The van der Waals surface area contributed by atoms with E-state index in [4.69, 9.17) is 10.5 Å². The molecule has 0 aliphatic rings. The summed E-state index contributed by atoms with van der Waals surface area (Å²) in [4.78, 5) is 3.36. The molecule has 3 N–H and O–H groups in total. The fourth-order valence-corrected chi connectivity index (χ4v) is 2.37. The Balaban J connectivity index is 2.26. The molecule has 0 fully saturated rings. The number of nitrogens with one attached hydrogen (secondary N) is 1. The maximum atomic E-state index is 5.86. The third-order valence-corrected chi connectivity index (χ3v) is 3.37. The third kappa shape index (κ3) is 1.74. The molecule has 3 aromatic rings. The van der Waals surface area contributed by atoms with E-state index >= 15 is 0 Å². The highest BCUT2D eigenvalue weighted by atomic mass is 16.5. The number of aromatic nitrogens is 3. The van der Waals surface area contributed by atoms with Gasteiger partial charge in [-0.05, 0) is 19.1 Å². The van der Waals surface area contributed by atoms with Gasteiger partial charge in [0.15, 0.2) is 0 Å². The predicted molar refractivity (Wildman–Crippen MR) is 76.2 cm³/mol. The number of aromatic amines is 1. The largest absolute Gasteiger partial charge is 0.497 e. The lowest BCUT2D eigenvalue weighted by molar-refractivity contribution is 0.415. The smallest absolute Gasteiger partial charge is 0.121 e. The summed E-state index contributed by atoms with van der Waals surface area (Å²) < 4.78 is 6.92. The van der Waals surface area contributed by atoms with Crippen molar-refractivity contribution in [2.24, 2.45) is 7.05 Å². The second-order valence-electron chi connectivity index (χ2n) is 4.61. The van der Waals surface area contributed by atoms with Gasteiger partial charge in [0.05, 0.1) is 12.8 Å². The fraction of sp³-hybridized carbons (Fsp3) is 0.214. The maximum Gasteiger partial charge on any atom is 0.121 e. The summed E-state index contributed by atoms with van der Waals surface area (Å²) in [6.45, 7) is 2.03. The normalized spacial score (nSPS) is 11.1. The van der Waals surface area contributed by atoms with Crippen molar-refractivity contribution in [3.8, 4) is 17.0 Å². The number of nitrogen functional groups attached to an aromatic ring is 1. The topological polar surface area (TPSA) is 68.9 Å². The van der Waals surface area contributed by atoms with Gasteiger partial charge >= 0.3 is 0 Å². The zero-order valence-electron chi connectivity index (χ0n) is 11.2. The van der Waals surface area contributed by atoms with E-state index in [0.717, 1.165) is 33.6 Å². The van der Waals surface area contributed by atoms with Gasteiger partial charge in [0.2, 0.25) is 0 Å². The van der Waals surface area contributed by atoms with Crippen molar-refractivity contribution in [2.75, 3.05) is 12.8 Å². The van der Waals surface area contributed by atoms with E-state index in [-0.39, 0.29) is 0 Å². The molecule has 0 saturated heterocycles. The molecule has 0 bridgehead atoms. The Hall–Kier alpha value is -2.43. The molecule has 2 aromatic heterocycles. The molecule has 0 aliphatic carbocycles. The monoisotopic (exact) mass is 256 g/mol. The Bertz CT molecular complexity index is 735. The fourth-order valence-electron chi connectivity index (χ4n) is 2.37. The summed E-state index contributed by atoms with van der Waals surface area (Å²) in [5.74, 6) is 1.48. The molecule has 0 aliphatic heterocycles. The van der Waals surface area contributed by atoms with Gasteiger partial charge < -0.3 is 15.5 Å². The van der Waals surface area contributed by atoms with E-state index < -0.39 is 0 Å². The summed E-state index contributed by atoms with van der Waals surface area (Å²) >= 11 is 0. The van der Waals surface area contributed by atoms with E-state index in [1.54, 1.807) is 11.8 Å². The summed E-state index contributed by atoms with van der Waals surface area (Å²) in [5.41, 5.74) is 9.94. The van der Waals surface area contributed by atoms with Crippen molar-refractivity contribution < 1.29 is 4.74 Å². The zero-order valence-corrected chi connectivity index (χ0v) is 11.2. The highest BCUT2D eigenvalue weighted by Gasteiger charge is 2.14. The number of fused-ring (bicyclic) bond motifs is 1. The molecule has 0 radical (unpaired) electrons. The van der Waals surface area contributed by atoms with Crippen molar-refractivity contribution in [1.82, 2.24) is 14.8 Å². The van der Waals surface area contributed by atoms with Gasteiger partial charge in [0.1, 0.15) is 11.6 Å². The molecule has 3 rings (SSSR count). The van der Waals surface area contributed by atoms with Gasteiger partial charge in [-0.2, -0.15) is 5.10 Å². The highest BCUT2D eigenvalue weighted by Crippen LogP contribution is 2.33. The van der Waals surface area contributed by atoms with Crippen LogP contribution in [-0.4, -0.2) is 21.9 Å². The number of benzene rings is 1. The van der Waals surface area contributed by atoms with Crippen LogP contribution in [0.5, 0.6) is 5.75 Å². The Morgan fingerprint density at radius 3 is 2.74 bits per heavy atom. The van der Waals surface area contributed by atoms with Crippen LogP contribution < -0.4 is 10.5 Å². The van der Waals surface area contributed by atoms with E-state index in [9.17, 15) is 0 Å². The number of hydrogen-bond donors (Lipinski definition) is 2. The number of ether oxygens (including phenoxy) is 1. The quantitative estimate of drug-likeness (QED) is 0.740. The average Bonchev–Trinajstić information content (AvgIpc) is 2.88. The summed E-state index contributed by atoms with van der Waals surface area (Å²) in [6.07, 6.45) is 0. The second kappa shape index (κ2) is 4.05. The Labute approximate surface area is 111 Å². The van der Waals surface area contributed by atoms with Crippen LogP contribution >= 0.6 is 0 Å². The number of nitrogens with two attached hydrogens (primary N) is 1. The van der Waals surface area contributed by atoms with Crippen LogP contribution in [-0.2, 0) is 7.05 Å². The summed E-state index contributed by atoms with van der Waals surface area (Å²) in [5, 5.41) is 5.57. The first-order valence-electron chi connectivity index (χ1n) is 6.06. The number of anilines is 1. The van der Waals surface area contributed by atoms with Crippen molar-refractivity contribution in [3.05, 3.63) is 30.0 Å². The molecule has 0 amide bonds. The Kier molecular flexibility index (Phi) is 2.48. The SMILES string of the molecule is COc1ccc2c(-c3cc(N)n(C)n3)c(C)[nH]c2c1.